The van der Waals surface area contributed by atoms with Crippen LogP contribution in [0.4, 0.5) is 0 Å². The molecule has 0 fully saturated rings. The average molecular weight is 271 g/mol. The Labute approximate surface area is 113 Å². The molecule has 1 heterocycles. The van der Waals surface area contributed by atoms with Crippen molar-refractivity contribution >= 4 is 17.2 Å². The molecule has 0 unspecified atom stereocenters. The summed E-state index contributed by atoms with van der Waals surface area (Å²) in [6.45, 7) is 5.74. The molecule has 1 rings (SSSR count). The third-order valence-corrected chi connectivity index (χ3v) is 3.25. The zero-order chi connectivity index (χ0) is 13.4. The van der Waals surface area contributed by atoms with Gasteiger partial charge in [-0.05, 0) is 25.3 Å². The number of methoxy groups -OCH3 is 1. The smallest absolute Gasteiger partial charge is 0.248 e. The van der Waals surface area contributed by atoms with Gasteiger partial charge in [-0.25, -0.2) is 0 Å². The molecular weight excluding hydrogens is 250 g/mol. The molecule has 0 bridgehead atoms. The van der Waals surface area contributed by atoms with Crippen LogP contribution in [0, 0.1) is 0 Å². The fourth-order valence-corrected chi connectivity index (χ4v) is 2.13. The molecule has 0 saturated heterocycles. The highest BCUT2D eigenvalue weighted by atomic mass is 32.1. The first-order valence-corrected chi connectivity index (χ1v) is 6.92. The first kappa shape index (κ1) is 15.1. The molecule has 1 aromatic rings. The van der Waals surface area contributed by atoms with E-state index in [1.54, 1.807) is 23.3 Å². The second kappa shape index (κ2) is 8.24. The molecule has 0 aliphatic heterocycles. The van der Waals surface area contributed by atoms with E-state index in [0.717, 1.165) is 0 Å². The zero-order valence-electron chi connectivity index (χ0n) is 11.2. The Morgan fingerprint density at radius 2 is 2.28 bits per heavy atom. The van der Waals surface area contributed by atoms with Crippen molar-refractivity contribution in [3.05, 3.63) is 22.4 Å². The maximum atomic E-state index is 12.0. The lowest BCUT2D eigenvalue weighted by atomic mass is 10.4. The zero-order valence-corrected chi connectivity index (χ0v) is 12.0. The van der Waals surface area contributed by atoms with Crippen LogP contribution in [0.3, 0.4) is 0 Å². The standard InChI is InChI=1S/C13H21NO3S/c1-11(2)17-10-13(15)14(6-7-16-3)9-12-5-4-8-18-12/h4-5,8,11H,6-7,9-10H2,1-3H3. The summed E-state index contributed by atoms with van der Waals surface area (Å²) in [5.41, 5.74) is 0. The van der Waals surface area contributed by atoms with Gasteiger partial charge in [0.1, 0.15) is 6.61 Å². The van der Waals surface area contributed by atoms with Gasteiger partial charge in [0.2, 0.25) is 5.91 Å². The first-order chi connectivity index (χ1) is 8.63. The van der Waals surface area contributed by atoms with Crippen molar-refractivity contribution in [3.8, 4) is 0 Å². The van der Waals surface area contributed by atoms with Crippen molar-refractivity contribution in [1.82, 2.24) is 4.90 Å². The molecule has 1 aromatic heterocycles. The number of carbonyl (C=O) groups excluding carboxylic acids is 1. The molecule has 18 heavy (non-hydrogen) atoms. The van der Waals surface area contributed by atoms with E-state index >= 15 is 0 Å². The summed E-state index contributed by atoms with van der Waals surface area (Å²) in [7, 11) is 1.64. The van der Waals surface area contributed by atoms with Crippen molar-refractivity contribution < 1.29 is 14.3 Å². The van der Waals surface area contributed by atoms with Gasteiger partial charge in [-0.3, -0.25) is 4.79 Å². The fourth-order valence-electron chi connectivity index (χ4n) is 1.41. The van der Waals surface area contributed by atoms with Crippen LogP contribution in [0.1, 0.15) is 18.7 Å². The molecule has 0 spiro atoms. The van der Waals surface area contributed by atoms with E-state index < -0.39 is 0 Å². The Morgan fingerprint density at radius 3 is 2.83 bits per heavy atom. The Morgan fingerprint density at radius 1 is 1.50 bits per heavy atom. The van der Waals surface area contributed by atoms with E-state index in [1.807, 2.05) is 31.4 Å². The van der Waals surface area contributed by atoms with Crippen LogP contribution in [0.2, 0.25) is 0 Å². The van der Waals surface area contributed by atoms with Gasteiger partial charge in [0.15, 0.2) is 0 Å². The Kier molecular flexibility index (Phi) is 6.93. The number of hydrogen-bond donors (Lipinski definition) is 0. The van der Waals surface area contributed by atoms with E-state index in [-0.39, 0.29) is 18.6 Å². The number of hydrogen-bond acceptors (Lipinski definition) is 4. The lowest BCUT2D eigenvalue weighted by Gasteiger charge is -2.22. The molecule has 5 heteroatoms. The molecular formula is C13H21NO3S. The molecule has 102 valence electrons. The highest BCUT2D eigenvalue weighted by Crippen LogP contribution is 2.12. The minimum absolute atomic E-state index is 0.00847. The van der Waals surface area contributed by atoms with Crippen molar-refractivity contribution in [2.24, 2.45) is 0 Å². The van der Waals surface area contributed by atoms with Crippen LogP contribution < -0.4 is 0 Å². The second-order valence-corrected chi connectivity index (χ2v) is 5.28. The quantitative estimate of drug-likeness (QED) is 0.727. The van der Waals surface area contributed by atoms with E-state index in [9.17, 15) is 4.79 Å². The molecule has 0 atom stereocenters. The van der Waals surface area contributed by atoms with Gasteiger partial charge in [0.25, 0.3) is 0 Å². The number of amides is 1. The summed E-state index contributed by atoms with van der Waals surface area (Å²) < 4.78 is 10.4. The third-order valence-electron chi connectivity index (χ3n) is 2.38. The Bertz CT molecular complexity index is 338. The van der Waals surface area contributed by atoms with Gasteiger partial charge in [-0.15, -0.1) is 11.3 Å². The number of nitrogens with zero attached hydrogens (tertiary/aromatic N) is 1. The van der Waals surface area contributed by atoms with Gasteiger partial charge in [-0.2, -0.15) is 0 Å². The first-order valence-electron chi connectivity index (χ1n) is 6.04. The Balaban J connectivity index is 2.51. The number of ether oxygens (including phenoxy) is 2. The topological polar surface area (TPSA) is 38.8 Å². The third kappa shape index (κ3) is 5.62. The molecule has 0 saturated carbocycles. The average Bonchev–Trinajstić information content (AvgIpc) is 2.84. The summed E-state index contributed by atoms with van der Waals surface area (Å²) in [6.07, 6.45) is 0.0694. The fraction of sp³-hybridized carbons (Fsp3) is 0.615. The van der Waals surface area contributed by atoms with E-state index in [1.165, 1.54) is 4.88 Å². The summed E-state index contributed by atoms with van der Waals surface area (Å²) in [5, 5.41) is 2.01. The molecule has 0 aliphatic carbocycles. The predicted octanol–water partition coefficient (Wildman–Crippen LogP) is 2.15. The van der Waals surface area contributed by atoms with E-state index in [0.29, 0.717) is 19.7 Å². The lowest BCUT2D eigenvalue weighted by Crippen LogP contribution is -2.36. The monoisotopic (exact) mass is 271 g/mol. The molecule has 4 nitrogen and oxygen atoms in total. The number of thiophene rings is 1. The van der Waals surface area contributed by atoms with Crippen LogP contribution in [0.25, 0.3) is 0 Å². The molecule has 0 aromatic carbocycles. The largest absolute Gasteiger partial charge is 0.383 e. The van der Waals surface area contributed by atoms with Gasteiger partial charge in [0, 0.05) is 18.5 Å². The highest BCUT2D eigenvalue weighted by molar-refractivity contribution is 7.09. The second-order valence-electron chi connectivity index (χ2n) is 4.25. The minimum Gasteiger partial charge on any atom is -0.383 e. The van der Waals surface area contributed by atoms with Gasteiger partial charge >= 0.3 is 0 Å². The molecule has 0 N–H and O–H groups in total. The maximum Gasteiger partial charge on any atom is 0.248 e. The van der Waals surface area contributed by atoms with Crippen LogP contribution in [0.15, 0.2) is 17.5 Å². The van der Waals surface area contributed by atoms with E-state index in [4.69, 9.17) is 9.47 Å². The molecule has 0 radical (unpaired) electrons. The summed E-state index contributed by atoms with van der Waals surface area (Å²) in [5.74, 6) is 0.00847. The Hall–Kier alpha value is -0.910. The van der Waals surface area contributed by atoms with Crippen LogP contribution in [-0.2, 0) is 20.8 Å². The van der Waals surface area contributed by atoms with E-state index in [2.05, 4.69) is 0 Å². The van der Waals surface area contributed by atoms with Crippen LogP contribution in [-0.4, -0.2) is 43.8 Å². The molecule has 1 amide bonds. The van der Waals surface area contributed by atoms with Crippen LogP contribution in [0.5, 0.6) is 0 Å². The lowest BCUT2D eigenvalue weighted by molar-refractivity contribution is -0.138. The van der Waals surface area contributed by atoms with Crippen molar-refractivity contribution in [2.75, 3.05) is 26.9 Å². The summed E-state index contributed by atoms with van der Waals surface area (Å²) in [6, 6.07) is 4.02. The van der Waals surface area contributed by atoms with Crippen LogP contribution >= 0.6 is 11.3 Å². The normalized spacial score (nSPS) is 10.9. The highest BCUT2D eigenvalue weighted by Gasteiger charge is 2.15. The summed E-state index contributed by atoms with van der Waals surface area (Å²) >= 11 is 1.65. The SMILES string of the molecule is COCCN(Cc1cccs1)C(=O)COC(C)C. The minimum atomic E-state index is 0.00847. The predicted molar refractivity (Wildman–Crippen MR) is 72.7 cm³/mol. The van der Waals surface area contributed by atoms with Gasteiger partial charge < -0.3 is 14.4 Å². The van der Waals surface area contributed by atoms with Gasteiger partial charge in [-0.1, -0.05) is 6.07 Å². The van der Waals surface area contributed by atoms with Crippen molar-refractivity contribution in [1.29, 1.82) is 0 Å². The van der Waals surface area contributed by atoms with Gasteiger partial charge in [0.05, 0.1) is 19.3 Å². The van der Waals surface area contributed by atoms with Crippen molar-refractivity contribution in [2.45, 2.75) is 26.5 Å². The summed E-state index contributed by atoms with van der Waals surface area (Å²) in [4.78, 5) is 15.0. The molecule has 0 aliphatic rings. The number of rotatable bonds is 8. The number of carbonyl (C=O) groups is 1. The maximum absolute atomic E-state index is 12.0. The van der Waals surface area contributed by atoms with Crippen molar-refractivity contribution in [3.63, 3.8) is 0 Å².